The number of likely N-dealkylation sites (N-methyl/N-ethyl adjacent to an activating group) is 1. The van der Waals surface area contributed by atoms with Gasteiger partial charge in [0.25, 0.3) is 5.91 Å². The van der Waals surface area contributed by atoms with Crippen LogP contribution in [0.4, 0.5) is 4.39 Å². The minimum atomic E-state index is -0.980. The zero-order valence-corrected chi connectivity index (χ0v) is 16.9. The second-order valence-corrected chi connectivity index (χ2v) is 9.40. The van der Waals surface area contributed by atoms with E-state index in [1.54, 1.807) is 12.1 Å². The third-order valence-corrected chi connectivity index (χ3v) is 7.10. The first-order valence-corrected chi connectivity index (χ1v) is 10.2. The Bertz CT molecular complexity index is 720. The molecule has 3 aliphatic rings. The summed E-state index contributed by atoms with van der Waals surface area (Å²) in [6.45, 7) is 6.99. The van der Waals surface area contributed by atoms with Crippen molar-refractivity contribution >= 4 is 5.91 Å². The van der Waals surface area contributed by atoms with Gasteiger partial charge in [-0.15, -0.1) is 0 Å². The highest BCUT2D eigenvalue weighted by Crippen LogP contribution is 2.53. The van der Waals surface area contributed by atoms with Gasteiger partial charge in [0.2, 0.25) is 0 Å². The molecule has 2 heterocycles. The van der Waals surface area contributed by atoms with Crippen molar-refractivity contribution in [2.45, 2.75) is 76.6 Å². The number of amides is 1. The molecule has 0 aromatic heterocycles. The number of hydrogen-bond acceptors (Lipinski definition) is 3. The fourth-order valence-corrected chi connectivity index (χ4v) is 5.94. The van der Waals surface area contributed by atoms with Crippen LogP contribution < -0.4 is 4.74 Å². The summed E-state index contributed by atoms with van der Waals surface area (Å²) in [4.78, 5) is 18.3. The van der Waals surface area contributed by atoms with Gasteiger partial charge in [-0.25, -0.2) is 4.39 Å². The lowest BCUT2D eigenvalue weighted by molar-refractivity contribution is -0.149. The van der Waals surface area contributed by atoms with Gasteiger partial charge in [-0.05, 0) is 64.4 Å². The van der Waals surface area contributed by atoms with E-state index < -0.39 is 5.60 Å². The Labute approximate surface area is 161 Å². The van der Waals surface area contributed by atoms with Gasteiger partial charge < -0.3 is 14.5 Å². The molecule has 2 aliphatic heterocycles. The standard InChI is InChI=1S/C22H31FN2O2/c1-21(2,27-17-11-9-15(23)10-12-17)20(26)25-16-13-22(3)18(24(4)14-16)7-5-6-8-19(22)25/h9-12,16,18-19H,5-8,13-14H2,1-4H3/t16-,18+,19-,22+/m0/s1. The molecule has 4 atom stereocenters. The Balaban J connectivity index is 1.61. The minimum Gasteiger partial charge on any atom is -0.478 e. The summed E-state index contributed by atoms with van der Waals surface area (Å²) < 4.78 is 19.2. The molecule has 4 rings (SSSR count). The van der Waals surface area contributed by atoms with E-state index in [0.29, 0.717) is 11.8 Å². The van der Waals surface area contributed by atoms with E-state index in [1.807, 2.05) is 13.8 Å². The number of hydrogen-bond donors (Lipinski definition) is 0. The Morgan fingerprint density at radius 1 is 1.19 bits per heavy atom. The third kappa shape index (κ3) is 3.04. The molecule has 5 heteroatoms. The average molecular weight is 375 g/mol. The van der Waals surface area contributed by atoms with Crippen molar-refractivity contribution in [1.29, 1.82) is 0 Å². The minimum absolute atomic E-state index is 0.0569. The van der Waals surface area contributed by atoms with Crippen LogP contribution in [0.5, 0.6) is 5.75 Å². The first-order chi connectivity index (χ1) is 12.7. The molecule has 0 N–H and O–H groups in total. The molecule has 27 heavy (non-hydrogen) atoms. The van der Waals surface area contributed by atoms with Crippen LogP contribution in [0.15, 0.2) is 24.3 Å². The number of ether oxygens (including phenoxy) is 1. The molecule has 1 aromatic carbocycles. The number of piperidine rings is 1. The van der Waals surface area contributed by atoms with Crippen molar-refractivity contribution in [3.8, 4) is 5.75 Å². The number of rotatable bonds is 3. The summed E-state index contributed by atoms with van der Waals surface area (Å²) in [5.41, 5.74) is -0.818. The normalized spacial score (nSPS) is 33.7. The van der Waals surface area contributed by atoms with Crippen LogP contribution in [0.25, 0.3) is 0 Å². The lowest BCUT2D eigenvalue weighted by Gasteiger charge is -2.44. The van der Waals surface area contributed by atoms with Gasteiger partial charge >= 0.3 is 0 Å². The molecule has 2 saturated heterocycles. The van der Waals surface area contributed by atoms with Crippen LogP contribution in [0.3, 0.4) is 0 Å². The Kier molecular flexibility index (Phi) is 4.49. The van der Waals surface area contributed by atoms with Crippen molar-refractivity contribution in [2.75, 3.05) is 13.6 Å². The highest BCUT2D eigenvalue weighted by molar-refractivity contribution is 5.86. The van der Waals surface area contributed by atoms with E-state index in [4.69, 9.17) is 4.74 Å². The van der Waals surface area contributed by atoms with Crippen molar-refractivity contribution in [3.05, 3.63) is 30.1 Å². The van der Waals surface area contributed by atoms with Crippen LogP contribution >= 0.6 is 0 Å². The number of fused-ring (bicyclic) bond motifs is 1. The summed E-state index contributed by atoms with van der Waals surface area (Å²) in [6, 6.07) is 6.99. The summed E-state index contributed by atoms with van der Waals surface area (Å²) in [6.07, 6.45) is 5.82. The second-order valence-electron chi connectivity index (χ2n) is 9.40. The third-order valence-electron chi connectivity index (χ3n) is 7.10. The topological polar surface area (TPSA) is 32.8 Å². The van der Waals surface area contributed by atoms with Crippen LogP contribution in [-0.2, 0) is 4.79 Å². The number of carbonyl (C=O) groups is 1. The number of halogens is 1. The van der Waals surface area contributed by atoms with Crippen LogP contribution in [-0.4, -0.2) is 53.0 Å². The molecule has 0 spiro atoms. The van der Waals surface area contributed by atoms with Crippen molar-refractivity contribution in [2.24, 2.45) is 5.41 Å². The van der Waals surface area contributed by atoms with Gasteiger partial charge in [0.05, 0.1) is 0 Å². The van der Waals surface area contributed by atoms with E-state index in [-0.39, 0.29) is 29.2 Å². The number of carbonyl (C=O) groups excluding carboxylic acids is 1. The van der Waals surface area contributed by atoms with E-state index >= 15 is 0 Å². The molecule has 0 radical (unpaired) electrons. The number of nitrogens with zero attached hydrogens (tertiary/aromatic N) is 2. The summed E-state index contributed by atoms with van der Waals surface area (Å²) in [5.74, 6) is 0.278. The van der Waals surface area contributed by atoms with Crippen LogP contribution in [0.1, 0.15) is 52.9 Å². The van der Waals surface area contributed by atoms with E-state index in [0.717, 1.165) is 19.4 Å². The van der Waals surface area contributed by atoms with Gasteiger partial charge in [0, 0.05) is 30.1 Å². The smallest absolute Gasteiger partial charge is 0.266 e. The first kappa shape index (κ1) is 18.7. The molecule has 0 unspecified atom stereocenters. The second kappa shape index (κ2) is 6.47. The maximum atomic E-state index is 13.7. The van der Waals surface area contributed by atoms with E-state index in [1.165, 1.54) is 31.4 Å². The van der Waals surface area contributed by atoms with E-state index in [9.17, 15) is 9.18 Å². The summed E-state index contributed by atoms with van der Waals surface area (Å²) in [7, 11) is 2.21. The Morgan fingerprint density at radius 2 is 1.81 bits per heavy atom. The van der Waals surface area contributed by atoms with Gasteiger partial charge in [-0.3, -0.25) is 4.79 Å². The maximum Gasteiger partial charge on any atom is 0.266 e. The maximum absolute atomic E-state index is 13.7. The van der Waals surface area contributed by atoms with Gasteiger partial charge in [-0.2, -0.15) is 0 Å². The number of likely N-dealkylation sites (tertiary alicyclic amines) is 2. The van der Waals surface area contributed by atoms with Crippen molar-refractivity contribution in [3.63, 3.8) is 0 Å². The molecule has 3 fully saturated rings. The average Bonchev–Trinajstić information content (AvgIpc) is 2.72. The fourth-order valence-electron chi connectivity index (χ4n) is 5.94. The molecule has 148 valence electrons. The molecule has 1 aromatic rings. The van der Waals surface area contributed by atoms with Crippen LogP contribution in [0.2, 0.25) is 0 Å². The zero-order valence-electron chi connectivity index (χ0n) is 16.9. The van der Waals surface area contributed by atoms with Crippen LogP contribution in [0, 0.1) is 11.2 Å². The molecular formula is C22H31FN2O2. The van der Waals surface area contributed by atoms with Gasteiger partial charge in [0.15, 0.2) is 5.60 Å². The summed E-state index contributed by atoms with van der Waals surface area (Å²) in [5, 5.41) is 0. The molecule has 1 aliphatic carbocycles. The predicted molar refractivity (Wildman–Crippen MR) is 103 cm³/mol. The monoisotopic (exact) mass is 374 g/mol. The largest absolute Gasteiger partial charge is 0.478 e. The highest BCUT2D eigenvalue weighted by atomic mass is 19.1. The predicted octanol–water partition coefficient (Wildman–Crippen LogP) is 3.85. The molecule has 4 nitrogen and oxygen atoms in total. The molecule has 2 bridgehead atoms. The lowest BCUT2D eigenvalue weighted by atomic mass is 9.71. The first-order valence-electron chi connectivity index (χ1n) is 10.2. The van der Waals surface area contributed by atoms with Gasteiger partial charge in [0.1, 0.15) is 11.6 Å². The highest BCUT2D eigenvalue weighted by Gasteiger charge is 2.60. The molecule has 1 amide bonds. The fraction of sp³-hybridized carbons (Fsp3) is 0.682. The Morgan fingerprint density at radius 3 is 2.48 bits per heavy atom. The zero-order chi connectivity index (χ0) is 19.4. The van der Waals surface area contributed by atoms with Crippen molar-refractivity contribution < 1.29 is 13.9 Å². The quantitative estimate of drug-likeness (QED) is 0.806. The van der Waals surface area contributed by atoms with Gasteiger partial charge in [-0.1, -0.05) is 19.8 Å². The SMILES string of the molecule is CN1C[C@@H]2C[C@@]3(C)[C@H](CCCC[C@@H]13)N2C(=O)C(C)(C)Oc1ccc(F)cc1. The summed E-state index contributed by atoms with van der Waals surface area (Å²) >= 11 is 0. The molecular weight excluding hydrogens is 343 g/mol. The number of benzene rings is 1. The lowest BCUT2D eigenvalue weighted by Crippen LogP contribution is -2.54. The Hall–Kier alpha value is -1.62. The van der Waals surface area contributed by atoms with Crippen molar-refractivity contribution in [1.82, 2.24) is 9.80 Å². The van der Waals surface area contributed by atoms with E-state index in [2.05, 4.69) is 23.8 Å². The molecule has 1 saturated carbocycles.